The van der Waals surface area contributed by atoms with Crippen LogP contribution in [0, 0.1) is 0 Å². The quantitative estimate of drug-likeness (QED) is 0.881. The van der Waals surface area contributed by atoms with Crippen LogP contribution in [0.15, 0.2) is 48.5 Å². The van der Waals surface area contributed by atoms with E-state index in [1.165, 1.54) is 11.1 Å². The summed E-state index contributed by atoms with van der Waals surface area (Å²) in [6.45, 7) is 3.41. The number of nitrogens with zero attached hydrogens (tertiary/aromatic N) is 1. The first kappa shape index (κ1) is 17.0. The Morgan fingerprint density at radius 3 is 2.60 bits per heavy atom. The first-order chi connectivity index (χ1) is 12.1. The number of anilines is 1. The summed E-state index contributed by atoms with van der Waals surface area (Å²) in [5.74, 6) is 0.0717. The second-order valence-electron chi connectivity index (χ2n) is 6.23. The smallest absolute Gasteiger partial charge is 0.315 e. The first-order valence-electron chi connectivity index (χ1n) is 8.59. The van der Waals surface area contributed by atoms with Crippen LogP contribution in [0.5, 0.6) is 0 Å². The van der Waals surface area contributed by atoms with Gasteiger partial charge in [0.05, 0.1) is 0 Å². The molecule has 0 saturated carbocycles. The van der Waals surface area contributed by atoms with Crippen LogP contribution in [0.2, 0.25) is 0 Å². The van der Waals surface area contributed by atoms with E-state index in [2.05, 4.69) is 28.8 Å². The van der Waals surface area contributed by atoms with Crippen LogP contribution in [0.1, 0.15) is 23.6 Å². The molecule has 0 fully saturated rings. The van der Waals surface area contributed by atoms with Gasteiger partial charge in [-0.2, -0.15) is 0 Å². The predicted molar refractivity (Wildman–Crippen MR) is 98.6 cm³/mol. The van der Waals surface area contributed by atoms with Crippen LogP contribution in [-0.2, 0) is 24.2 Å². The number of amides is 3. The molecule has 1 aliphatic rings. The summed E-state index contributed by atoms with van der Waals surface area (Å²) in [5, 5.41) is 5.75. The maximum Gasteiger partial charge on any atom is 0.315 e. The number of fused-ring (bicyclic) bond motifs is 1. The monoisotopic (exact) mass is 337 g/mol. The summed E-state index contributed by atoms with van der Waals surface area (Å²) in [5.41, 5.74) is 4.40. The molecule has 0 radical (unpaired) electrons. The molecule has 130 valence electrons. The lowest BCUT2D eigenvalue weighted by Crippen LogP contribution is -2.36. The standard InChI is InChI=1S/C20H23N3O2/c1-15(24)23-12-10-18-13-17(7-8-19(18)23)14-22-20(25)21-11-9-16-5-3-2-4-6-16/h2-8,13H,9-12,14H2,1H3,(H2,21,22,25). The molecule has 0 aromatic heterocycles. The minimum Gasteiger partial charge on any atom is -0.338 e. The third kappa shape index (κ3) is 4.38. The third-order valence-electron chi connectivity index (χ3n) is 4.41. The topological polar surface area (TPSA) is 61.4 Å². The normalized spacial score (nSPS) is 12.6. The van der Waals surface area contributed by atoms with Crippen molar-refractivity contribution in [3.8, 4) is 0 Å². The lowest BCUT2D eigenvalue weighted by Gasteiger charge is -2.15. The highest BCUT2D eigenvalue weighted by Crippen LogP contribution is 2.28. The number of carbonyl (C=O) groups is 2. The van der Waals surface area contributed by atoms with Crippen LogP contribution >= 0.6 is 0 Å². The molecule has 0 unspecified atom stereocenters. The molecule has 1 aliphatic heterocycles. The van der Waals surface area contributed by atoms with Gasteiger partial charge in [0.2, 0.25) is 5.91 Å². The average Bonchev–Trinajstić information content (AvgIpc) is 3.04. The zero-order valence-corrected chi connectivity index (χ0v) is 14.4. The SMILES string of the molecule is CC(=O)N1CCc2cc(CNC(=O)NCCc3ccccc3)ccc21. The molecule has 2 aromatic rings. The maximum atomic E-state index is 11.9. The Labute approximate surface area is 148 Å². The van der Waals surface area contributed by atoms with Crippen LogP contribution in [0.3, 0.4) is 0 Å². The molecular formula is C20H23N3O2. The van der Waals surface area contributed by atoms with Gasteiger partial charge in [-0.3, -0.25) is 4.79 Å². The number of hydrogen-bond donors (Lipinski definition) is 2. The van der Waals surface area contributed by atoms with E-state index in [0.717, 1.165) is 30.6 Å². The Morgan fingerprint density at radius 2 is 1.84 bits per heavy atom. The molecule has 0 saturated heterocycles. The molecule has 1 heterocycles. The summed E-state index contributed by atoms with van der Waals surface area (Å²) in [6, 6.07) is 15.9. The lowest BCUT2D eigenvalue weighted by molar-refractivity contribution is -0.116. The van der Waals surface area contributed by atoms with Gasteiger partial charge in [0, 0.05) is 32.2 Å². The molecular weight excluding hydrogens is 314 g/mol. The van der Waals surface area contributed by atoms with Gasteiger partial charge >= 0.3 is 6.03 Å². The number of nitrogens with one attached hydrogen (secondary N) is 2. The number of hydrogen-bond acceptors (Lipinski definition) is 2. The van der Waals surface area contributed by atoms with Gasteiger partial charge in [0.15, 0.2) is 0 Å². The highest BCUT2D eigenvalue weighted by atomic mass is 16.2. The van der Waals surface area contributed by atoms with Gasteiger partial charge < -0.3 is 15.5 Å². The van der Waals surface area contributed by atoms with Crippen molar-refractivity contribution in [2.24, 2.45) is 0 Å². The Morgan fingerprint density at radius 1 is 1.04 bits per heavy atom. The zero-order chi connectivity index (χ0) is 17.6. The fourth-order valence-electron chi connectivity index (χ4n) is 3.10. The van der Waals surface area contributed by atoms with Gasteiger partial charge in [-0.1, -0.05) is 42.5 Å². The van der Waals surface area contributed by atoms with Crippen molar-refractivity contribution in [3.05, 3.63) is 65.2 Å². The molecule has 2 N–H and O–H groups in total. The molecule has 0 bridgehead atoms. The first-order valence-corrected chi connectivity index (χ1v) is 8.59. The molecule has 5 nitrogen and oxygen atoms in total. The Bertz CT molecular complexity index is 759. The van der Waals surface area contributed by atoms with Crippen LogP contribution in [0.4, 0.5) is 10.5 Å². The van der Waals surface area contributed by atoms with Crippen molar-refractivity contribution in [2.75, 3.05) is 18.0 Å². The van der Waals surface area contributed by atoms with Gasteiger partial charge in [0.25, 0.3) is 0 Å². The fraction of sp³-hybridized carbons (Fsp3) is 0.300. The summed E-state index contributed by atoms with van der Waals surface area (Å²) < 4.78 is 0. The van der Waals surface area contributed by atoms with E-state index in [4.69, 9.17) is 0 Å². The lowest BCUT2D eigenvalue weighted by atomic mass is 10.1. The molecule has 3 amide bonds. The van der Waals surface area contributed by atoms with Crippen LogP contribution in [-0.4, -0.2) is 25.0 Å². The maximum absolute atomic E-state index is 11.9. The fourth-order valence-corrected chi connectivity index (χ4v) is 3.10. The van der Waals surface area contributed by atoms with Crippen molar-refractivity contribution in [1.82, 2.24) is 10.6 Å². The number of urea groups is 1. The summed E-state index contributed by atoms with van der Waals surface area (Å²) in [7, 11) is 0. The second kappa shape index (κ2) is 7.83. The number of rotatable bonds is 5. The molecule has 5 heteroatoms. The Hall–Kier alpha value is -2.82. The van der Waals surface area contributed by atoms with E-state index in [1.807, 2.05) is 30.3 Å². The molecule has 0 atom stereocenters. The van der Waals surface area contributed by atoms with Crippen molar-refractivity contribution in [1.29, 1.82) is 0 Å². The van der Waals surface area contributed by atoms with Gasteiger partial charge in [0.1, 0.15) is 0 Å². The van der Waals surface area contributed by atoms with Gasteiger partial charge in [-0.15, -0.1) is 0 Å². The summed E-state index contributed by atoms with van der Waals surface area (Å²) in [6.07, 6.45) is 1.68. The van der Waals surface area contributed by atoms with Gasteiger partial charge in [-0.05, 0) is 35.6 Å². The van der Waals surface area contributed by atoms with Gasteiger partial charge in [-0.25, -0.2) is 4.79 Å². The molecule has 0 spiro atoms. The van der Waals surface area contributed by atoms with Crippen LogP contribution in [0.25, 0.3) is 0 Å². The third-order valence-corrected chi connectivity index (χ3v) is 4.41. The highest BCUT2D eigenvalue weighted by Gasteiger charge is 2.21. The molecule has 3 rings (SSSR count). The highest BCUT2D eigenvalue weighted by molar-refractivity contribution is 5.93. The van der Waals surface area contributed by atoms with Crippen molar-refractivity contribution < 1.29 is 9.59 Å². The van der Waals surface area contributed by atoms with E-state index in [0.29, 0.717) is 13.1 Å². The van der Waals surface area contributed by atoms with Crippen molar-refractivity contribution >= 4 is 17.6 Å². The summed E-state index contributed by atoms with van der Waals surface area (Å²) >= 11 is 0. The minimum absolute atomic E-state index is 0.0717. The largest absolute Gasteiger partial charge is 0.338 e. The molecule has 0 aliphatic carbocycles. The molecule has 2 aromatic carbocycles. The van der Waals surface area contributed by atoms with E-state index in [-0.39, 0.29) is 11.9 Å². The minimum atomic E-state index is -0.165. The van der Waals surface area contributed by atoms with E-state index >= 15 is 0 Å². The Kier molecular flexibility index (Phi) is 5.33. The average molecular weight is 337 g/mol. The predicted octanol–water partition coefficient (Wildman–Crippen LogP) is 2.64. The molecule has 25 heavy (non-hydrogen) atoms. The Balaban J connectivity index is 1.46. The second-order valence-corrected chi connectivity index (χ2v) is 6.23. The summed E-state index contributed by atoms with van der Waals surface area (Å²) in [4.78, 5) is 25.3. The zero-order valence-electron chi connectivity index (χ0n) is 14.4. The van der Waals surface area contributed by atoms with E-state index in [9.17, 15) is 9.59 Å². The van der Waals surface area contributed by atoms with Crippen molar-refractivity contribution in [3.63, 3.8) is 0 Å². The number of carbonyl (C=O) groups excluding carboxylic acids is 2. The van der Waals surface area contributed by atoms with Crippen molar-refractivity contribution in [2.45, 2.75) is 26.3 Å². The van der Waals surface area contributed by atoms with Crippen LogP contribution < -0.4 is 15.5 Å². The van der Waals surface area contributed by atoms with E-state index < -0.39 is 0 Å². The van der Waals surface area contributed by atoms with E-state index in [1.54, 1.807) is 11.8 Å². The number of benzene rings is 2.